The van der Waals surface area contributed by atoms with E-state index in [4.69, 9.17) is 0 Å². The predicted molar refractivity (Wildman–Crippen MR) is 90.2 cm³/mol. The van der Waals surface area contributed by atoms with E-state index < -0.39 is 11.7 Å². The van der Waals surface area contributed by atoms with Crippen LogP contribution in [0.4, 0.5) is 18.9 Å². The van der Waals surface area contributed by atoms with Crippen molar-refractivity contribution in [3.05, 3.63) is 52.2 Å². The highest BCUT2D eigenvalue weighted by molar-refractivity contribution is 7.09. The molecule has 0 bridgehead atoms. The minimum atomic E-state index is -4.42. The number of hydrogen-bond acceptors (Lipinski definition) is 3. The highest BCUT2D eigenvalue weighted by Crippen LogP contribution is 2.30. The van der Waals surface area contributed by atoms with Crippen LogP contribution in [-0.4, -0.2) is 18.5 Å². The molecule has 0 aliphatic heterocycles. The third-order valence-electron chi connectivity index (χ3n) is 3.41. The number of benzene rings is 1. The molecule has 2 N–H and O–H groups in total. The molecule has 0 saturated heterocycles. The second-order valence-electron chi connectivity index (χ2n) is 5.52. The zero-order chi connectivity index (χ0) is 17.6. The van der Waals surface area contributed by atoms with Gasteiger partial charge in [-0.3, -0.25) is 4.79 Å². The molecule has 1 aromatic carbocycles. The van der Waals surface area contributed by atoms with E-state index in [0.717, 1.165) is 25.1 Å². The van der Waals surface area contributed by atoms with Gasteiger partial charge >= 0.3 is 6.18 Å². The molecule has 3 nitrogen and oxygen atoms in total. The van der Waals surface area contributed by atoms with Crippen LogP contribution < -0.4 is 10.6 Å². The minimum absolute atomic E-state index is 0.0595. The number of alkyl halides is 3. The molecule has 0 radical (unpaired) electrons. The van der Waals surface area contributed by atoms with Crippen LogP contribution in [0.1, 0.15) is 23.8 Å². The zero-order valence-electron chi connectivity index (χ0n) is 13.2. The Labute approximate surface area is 142 Å². The normalized spacial score (nSPS) is 12.8. The first-order valence-electron chi connectivity index (χ1n) is 7.57. The summed E-state index contributed by atoms with van der Waals surface area (Å²) in [7, 11) is 0. The van der Waals surface area contributed by atoms with E-state index >= 15 is 0 Å². The molecule has 0 aliphatic rings. The van der Waals surface area contributed by atoms with Gasteiger partial charge in [0, 0.05) is 29.6 Å². The van der Waals surface area contributed by atoms with E-state index in [9.17, 15) is 18.0 Å². The minimum Gasteiger partial charge on any atom is -0.326 e. The molecule has 2 aromatic rings. The van der Waals surface area contributed by atoms with Crippen LogP contribution in [0.15, 0.2) is 41.8 Å². The second-order valence-corrected chi connectivity index (χ2v) is 6.55. The van der Waals surface area contributed by atoms with Gasteiger partial charge < -0.3 is 10.6 Å². The van der Waals surface area contributed by atoms with E-state index in [1.807, 2.05) is 18.4 Å². The topological polar surface area (TPSA) is 41.1 Å². The molecule has 0 saturated carbocycles. The Bertz CT molecular complexity index is 656. The molecule has 1 atom stereocenters. The second kappa shape index (κ2) is 8.30. The molecule has 7 heteroatoms. The Kier molecular flexibility index (Phi) is 6.39. The van der Waals surface area contributed by atoms with Gasteiger partial charge in [0.05, 0.1) is 5.56 Å². The Hall–Kier alpha value is -1.86. The van der Waals surface area contributed by atoms with Gasteiger partial charge in [-0.2, -0.15) is 13.2 Å². The maximum atomic E-state index is 12.6. The average molecular weight is 356 g/mol. The Balaban J connectivity index is 1.78. The smallest absolute Gasteiger partial charge is 0.326 e. The maximum Gasteiger partial charge on any atom is 0.416 e. The van der Waals surface area contributed by atoms with E-state index in [0.29, 0.717) is 0 Å². The number of thiophene rings is 1. The summed E-state index contributed by atoms with van der Waals surface area (Å²) in [4.78, 5) is 13.2. The van der Waals surface area contributed by atoms with Crippen molar-refractivity contribution in [2.45, 2.75) is 32.0 Å². The summed E-state index contributed by atoms with van der Waals surface area (Å²) >= 11 is 1.68. The van der Waals surface area contributed by atoms with Crippen molar-refractivity contribution in [2.75, 3.05) is 11.9 Å². The Morgan fingerprint density at radius 3 is 2.71 bits per heavy atom. The van der Waals surface area contributed by atoms with Crippen LogP contribution >= 0.6 is 11.3 Å². The van der Waals surface area contributed by atoms with Crippen LogP contribution in [0.3, 0.4) is 0 Å². The van der Waals surface area contributed by atoms with Gasteiger partial charge in [-0.15, -0.1) is 11.3 Å². The van der Waals surface area contributed by atoms with Gasteiger partial charge in [-0.05, 0) is 43.0 Å². The van der Waals surface area contributed by atoms with Gasteiger partial charge in [0.1, 0.15) is 0 Å². The molecule has 0 aliphatic carbocycles. The van der Waals surface area contributed by atoms with Crippen molar-refractivity contribution < 1.29 is 18.0 Å². The molecule has 1 aromatic heterocycles. The number of carbonyl (C=O) groups excluding carboxylic acids is 1. The Morgan fingerprint density at radius 1 is 1.25 bits per heavy atom. The first-order chi connectivity index (χ1) is 11.3. The molecule has 0 spiro atoms. The summed E-state index contributed by atoms with van der Waals surface area (Å²) in [5.74, 6) is -0.314. The lowest BCUT2D eigenvalue weighted by atomic mass is 10.1. The van der Waals surface area contributed by atoms with Crippen LogP contribution in [0.5, 0.6) is 0 Å². The fourth-order valence-electron chi connectivity index (χ4n) is 2.23. The summed E-state index contributed by atoms with van der Waals surface area (Å²) in [5.41, 5.74) is -0.622. The molecule has 0 fully saturated rings. The Morgan fingerprint density at radius 2 is 2.04 bits per heavy atom. The van der Waals surface area contributed by atoms with Crippen molar-refractivity contribution in [1.82, 2.24) is 5.32 Å². The van der Waals surface area contributed by atoms with Crippen molar-refractivity contribution >= 4 is 22.9 Å². The van der Waals surface area contributed by atoms with Crippen LogP contribution in [0.2, 0.25) is 0 Å². The molecule has 24 heavy (non-hydrogen) atoms. The van der Waals surface area contributed by atoms with Crippen LogP contribution in [0.25, 0.3) is 0 Å². The summed E-state index contributed by atoms with van der Waals surface area (Å²) in [5, 5.41) is 7.77. The van der Waals surface area contributed by atoms with Crippen LogP contribution in [0, 0.1) is 0 Å². The number of amides is 1. The highest BCUT2D eigenvalue weighted by atomic mass is 32.1. The fraction of sp³-hybridized carbons (Fsp3) is 0.353. The number of halogens is 3. The lowest BCUT2D eigenvalue weighted by molar-refractivity contribution is -0.137. The third kappa shape index (κ3) is 5.98. The molecule has 1 amide bonds. The van der Waals surface area contributed by atoms with Gasteiger partial charge in [0.2, 0.25) is 5.91 Å². The lowest BCUT2D eigenvalue weighted by Crippen LogP contribution is -2.32. The highest BCUT2D eigenvalue weighted by Gasteiger charge is 2.30. The molecule has 1 heterocycles. The van der Waals surface area contributed by atoms with Gasteiger partial charge in [0.15, 0.2) is 0 Å². The molecule has 130 valence electrons. The van der Waals surface area contributed by atoms with E-state index in [1.165, 1.54) is 17.0 Å². The van der Waals surface area contributed by atoms with Gasteiger partial charge in [-0.1, -0.05) is 12.1 Å². The summed E-state index contributed by atoms with van der Waals surface area (Å²) in [6.07, 6.45) is -3.34. The SMILES string of the molecule is C[C@H](CC(=O)Nc1cccc(C(F)(F)F)c1)NCCc1cccs1. The molecular weight excluding hydrogens is 337 g/mol. The van der Waals surface area contributed by atoms with Crippen molar-refractivity contribution in [3.8, 4) is 0 Å². The van der Waals surface area contributed by atoms with E-state index in [1.54, 1.807) is 11.3 Å². The number of anilines is 1. The summed E-state index contributed by atoms with van der Waals surface area (Å²) in [6.45, 7) is 2.62. The third-order valence-corrected chi connectivity index (χ3v) is 4.35. The zero-order valence-corrected chi connectivity index (χ0v) is 14.0. The monoisotopic (exact) mass is 356 g/mol. The standard InChI is InChI=1S/C17H19F3N2OS/c1-12(21-8-7-15-6-3-9-24-15)10-16(23)22-14-5-2-4-13(11-14)17(18,19)20/h2-6,9,11-12,21H,7-8,10H2,1H3,(H,22,23)/t12-/m1/s1. The van der Waals surface area contributed by atoms with E-state index in [-0.39, 0.29) is 24.1 Å². The quantitative estimate of drug-likeness (QED) is 0.776. The summed E-state index contributed by atoms with van der Waals surface area (Å²) < 4.78 is 37.9. The molecule has 2 rings (SSSR count). The maximum absolute atomic E-state index is 12.6. The average Bonchev–Trinajstić information content (AvgIpc) is 2.99. The van der Waals surface area contributed by atoms with Gasteiger partial charge in [0.25, 0.3) is 0 Å². The largest absolute Gasteiger partial charge is 0.416 e. The first-order valence-corrected chi connectivity index (χ1v) is 8.45. The number of carbonyl (C=O) groups is 1. The van der Waals surface area contributed by atoms with Crippen molar-refractivity contribution in [3.63, 3.8) is 0 Å². The molecule has 0 unspecified atom stereocenters. The summed E-state index contributed by atoms with van der Waals surface area (Å²) in [6, 6.07) is 8.62. The number of rotatable bonds is 7. The number of hydrogen-bond donors (Lipinski definition) is 2. The number of nitrogens with one attached hydrogen (secondary N) is 2. The molecular formula is C17H19F3N2OS. The van der Waals surface area contributed by atoms with Gasteiger partial charge in [-0.25, -0.2) is 0 Å². The lowest BCUT2D eigenvalue weighted by Gasteiger charge is -2.14. The fourth-order valence-corrected chi connectivity index (χ4v) is 2.94. The van der Waals surface area contributed by atoms with Crippen LogP contribution in [-0.2, 0) is 17.4 Å². The van der Waals surface area contributed by atoms with Crippen molar-refractivity contribution in [2.24, 2.45) is 0 Å². The first kappa shape index (κ1) is 18.5. The predicted octanol–water partition coefficient (Wildman–Crippen LogP) is 4.32. The van der Waals surface area contributed by atoms with Crippen molar-refractivity contribution in [1.29, 1.82) is 0 Å². The van der Waals surface area contributed by atoms with E-state index in [2.05, 4.69) is 16.7 Å².